The Kier molecular flexibility index (Phi) is 12.0. The van der Waals surface area contributed by atoms with Gasteiger partial charge in [-0.3, -0.25) is 14.4 Å². The zero-order chi connectivity index (χ0) is 37.6. The largest absolute Gasteiger partial charge is 0.482 e. The molecule has 0 aliphatic carbocycles. The van der Waals surface area contributed by atoms with E-state index >= 15 is 0 Å². The van der Waals surface area contributed by atoms with Crippen molar-refractivity contribution in [2.45, 2.75) is 52.6 Å². The molecule has 3 aromatic rings. The summed E-state index contributed by atoms with van der Waals surface area (Å²) in [6, 6.07) is 11.5. The van der Waals surface area contributed by atoms with E-state index in [1.165, 1.54) is 13.8 Å². The summed E-state index contributed by atoms with van der Waals surface area (Å²) in [7, 11) is 1.57. The Hall–Kier alpha value is -4.94. The van der Waals surface area contributed by atoms with Crippen molar-refractivity contribution in [2.24, 2.45) is 5.92 Å². The number of aromatic nitrogens is 2. The standard InChI is InChI=1S/C40H48ClN7O5/c1-6-48-25(2)36(53-24-37(51)42-5)21-29-20-30(10-11-34(29)48)44-39-33(41)22-43-40(45-39)47-18-14-31(15-19-47)52-23-28-12-16-46(17-13-28)35-9-7-8-32(26(3)49)38(35)27(4)50/h7-11,20-22,28,31H,2,6,12-19,23-24H2,1,3-5H3,(H,42,51)(H,43,44,45). The van der Waals surface area contributed by atoms with Gasteiger partial charge in [-0.2, -0.15) is 4.98 Å². The molecule has 0 spiro atoms. The molecule has 0 atom stereocenters. The van der Waals surface area contributed by atoms with Crippen LogP contribution >= 0.6 is 11.6 Å². The maximum absolute atomic E-state index is 12.5. The molecule has 1 aromatic heterocycles. The summed E-state index contributed by atoms with van der Waals surface area (Å²) in [6.07, 6.45) is 7.35. The summed E-state index contributed by atoms with van der Waals surface area (Å²) in [5.41, 5.74) is 5.27. The number of ketones is 2. The third-order valence-corrected chi connectivity index (χ3v) is 10.5. The third-order valence-electron chi connectivity index (χ3n) is 10.2. The lowest BCUT2D eigenvalue weighted by Crippen LogP contribution is -2.40. The number of hydrogen-bond donors (Lipinski definition) is 2. The number of piperidine rings is 2. The number of ether oxygens (including phenoxy) is 2. The maximum atomic E-state index is 12.5. The average Bonchev–Trinajstić information content (AvgIpc) is 3.17. The second kappa shape index (κ2) is 16.8. The van der Waals surface area contributed by atoms with Gasteiger partial charge >= 0.3 is 0 Å². The quantitative estimate of drug-likeness (QED) is 0.183. The number of likely N-dealkylation sites (N-methyl/N-ethyl adjacent to an activating group) is 2. The predicted octanol–water partition coefficient (Wildman–Crippen LogP) is 6.64. The fraction of sp³-hybridized carbons (Fsp3) is 0.425. The molecule has 2 N–H and O–H groups in total. The maximum Gasteiger partial charge on any atom is 0.257 e. The van der Waals surface area contributed by atoms with Crippen molar-refractivity contribution in [1.82, 2.24) is 15.3 Å². The number of nitrogens with one attached hydrogen (secondary N) is 2. The summed E-state index contributed by atoms with van der Waals surface area (Å²) in [4.78, 5) is 52.3. The zero-order valence-corrected chi connectivity index (χ0v) is 31.7. The minimum Gasteiger partial charge on any atom is -0.482 e. The van der Waals surface area contributed by atoms with Crippen LogP contribution in [0, 0.1) is 5.92 Å². The molecule has 4 heterocycles. The van der Waals surface area contributed by atoms with E-state index < -0.39 is 0 Å². The van der Waals surface area contributed by atoms with E-state index in [9.17, 15) is 14.4 Å². The number of carbonyl (C=O) groups is 3. The van der Waals surface area contributed by atoms with Crippen LogP contribution in [-0.4, -0.2) is 86.5 Å². The van der Waals surface area contributed by atoms with Crippen LogP contribution in [0.25, 0.3) is 6.08 Å². The molecule has 6 rings (SSSR count). The van der Waals surface area contributed by atoms with Crippen LogP contribution < -0.4 is 25.3 Å². The Labute approximate surface area is 316 Å². The third kappa shape index (κ3) is 8.66. The van der Waals surface area contributed by atoms with Crippen LogP contribution in [0.5, 0.6) is 0 Å². The number of amides is 1. The Morgan fingerprint density at radius 1 is 0.981 bits per heavy atom. The number of hydrogen-bond acceptors (Lipinski definition) is 11. The van der Waals surface area contributed by atoms with Crippen molar-refractivity contribution in [3.63, 3.8) is 0 Å². The molecule has 12 nitrogen and oxygen atoms in total. The molecule has 3 aliphatic heterocycles. The smallest absolute Gasteiger partial charge is 0.257 e. The average molecular weight is 742 g/mol. The molecule has 13 heteroatoms. The van der Waals surface area contributed by atoms with Crippen LogP contribution in [0.3, 0.4) is 0 Å². The monoisotopic (exact) mass is 741 g/mol. The second-order valence-corrected chi connectivity index (χ2v) is 14.1. The van der Waals surface area contributed by atoms with E-state index in [2.05, 4.69) is 36.9 Å². The van der Waals surface area contributed by atoms with Gasteiger partial charge in [0, 0.05) is 74.6 Å². The fourth-order valence-corrected chi connectivity index (χ4v) is 7.37. The molecule has 1 amide bonds. The number of fused-ring (bicyclic) bond motifs is 1. The van der Waals surface area contributed by atoms with E-state index in [4.69, 9.17) is 26.1 Å². The summed E-state index contributed by atoms with van der Waals surface area (Å²) >= 11 is 6.58. The Balaban J connectivity index is 1.02. The molecule has 2 saturated heterocycles. The number of benzene rings is 2. The molecule has 0 unspecified atom stereocenters. The highest BCUT2D eigenvalue weighted by Gasteiger charge is 2.28. The van der Waals surface area contributed by atoms with Gasteiger partial charge in [-0.15, -0.1) is 0 Å². The van der Waals surface area contributed by atoms with Gasteiger partial charge in [-0.1, -0.05) is 30.3 Å². The van der Waals surface area contributed by atoms with Gasteiger partial charge in [0.2, 0.25) is 5.95 Å². The molecule has 0 bridgehead atoms. The topological polar surface area (TPSA) is 129 Å². The summed E-state index contributed by atoms with van der Waals surface area (Å²) in [5.74, 6) is 1.71. The molecule has 3 aliphatic rings. The van der Waals surface area contributed by atoms with Crippen LogP contribution in [0.1, 0.15) is 72.7 Å². The highest BCUT2D eigenvalue weighted by Crippen LogP contribution is 2.37. The van der Waals surface area contributed by atoms with Crippen LogP contribution in [-0.2, 0) is 14.3 Å². The second-order valence-electron chi connectivity index (χ2n) is 13.7. The summed E-state index contributed by atoms with van der Waals surface area (Å²) in [6.45, 7) is 13.7. The first kappa shape index (κ1) is 37.8. The van der Waals surface area contributed by atoms with Crippen molar-refractivity contribution in [1.29, 1.82) is 0 Å². The lowest BCUT2D eigenvalue weighted by atomic mass is 9.94. The van der Waals surface area contributed by atoms with E-state index in [1.807, 2.05) is 43.3 Å². The number of nitrogens with zero attached hydrogens (tertiary/aromatic N) is 5. The molecule has 2 aromatic carbocycles. The molecule has 2 fully saturated rings. The molecule has 53 heavy (non-hydrogen) atoms. The van der Waals surface area contributed by atoms with Gasteiger partial charge in [0.05, 0.1) is 23.6 Å². The van der Waals surface area contributed by atoms with Gasteiger partial charge in [0.15, 0.2) is 24.0 Å². The number of rotatable bonds is 13. The number of halogens is 1. The van der Waals surface area contributed by atoms with E-state index in [0.29, 0.717) is 58.4 Å². The SMILES string of the molecule is C=C1C(OCC(=O)NC)=Cc2cc(Nc3nc(N4CCC(OCC5CCN(c6cccc(C(C)=O)c6C(C)=O)CC5)CC4)ncc3Cl)ccc2N1CC. The highest BCUT2D eigenvalue weighted by atomic mass is 35.5. The minimum absolute atomic E-state index is 0.0797. The van der Waals surface area contributed by atoms with Gasteiger partial charge in [0.25, 0.3) is 5.91 Å². The Morgan fingerprint density at radius 3 is 2.40 bits per heavy atom. The Bertz CT molecular complexity index is 1900. The summed E-state index contributed by atoms with van der Waals surface area (Å²) < 4.78 is 12.2. The number of carbonyl (C=O) groups excluding carboxylic acids is 3. The van der Waals surface area contributed by atoms with Crippen molar-refractivity contribution in [3.05, 3.63) is 82.3 Å². The van der Waals surface area contributed by atoms with Gasteiger partial charge in [0.1, 0.15) is 10.8 Å². The van der Waals surface area contributed by atoms with Crippen molar-refractivity contribution < 1.29 is 23.9 Å². The van der Waals surface area contributed by atoms with Crippen molar-refractivity contribution >= 4 is 64.0 Å². The lowest BCUT2D eigenvalue weighted by molar-refractivity contribution is -0.123. The van der Waals surface area contributed by atoms with E-state index in [0.717, 1.165) is 74.5 Å². The van der Waals surface area contributed by atoms with Gasteiger partial charge in [-0.25, -0.2) is 4.98 Å². The normalized spacial score (nSPS) is 16.6. The first-order valence-electron chi connectivity index (χ1n) is 18.3. The highest BCUT2D eigenvalue weighted by molar-refractivity contribution is 6.33. The van der Waals surface area contributed by atoms with Crippen molar-refractivity contribution in [3.8, 4) is 0 Å². The molecule has 280 valence electrons. The molecular formula is C40H48ClN7O5. The van der Waals surface area contributed by atoms with E-state index in [1.54, 1.807) is 19.3 Å². The summed E-state index contributed by atoms with van der Waals surface area (Å²) in [5, 5.41) is 6.35. The van der Waals surface area contributed by atoms with Gasteiger partial charge in [-0.05, 0) is 82.7 Å². The zero-order valence-electron chi connectivity index (χ0n) is 30.9. The molecule has 0 saturated carbocycles. The molecule has 0 radical (unpaired) electrons. The van der Waals surface area contributed by atoms with Crippen LogP contribution in [0.15, 0.2) is 60.6 Å². The van der Waals surface area contributed by atoms with Crippen LogP contribution in [0.4, 0.5) is 28.8 Å². The fourth-order valence-electron chi connectivity index (χ4n) is 7.24. The molecular weight excluding hydrogens is 694 g/mol. The minimum atomic E-state index is -0.219. The number of anilines is 5. The lowest BCUT2D eigenvalue weighted by Gasteiger charge is -2.36. The predicted molar refractivity (Wildman–Crippen MR) is 209 cm³/mol. The van der Waals surface area contributed by atoms with Crippen LogP contribution in [0.2, 0.25) is 5.02 Å². The first-order chi connectivity index (χ1) is 25.6. The van der Waals surface area contributed by atoms with Crippen molar-refractivity contribution in [2.75, 3.05) is 73.0 Å². The van der Waals surface area contributed by atoms with E-state index in [-0.39, 0.29) is 30.2 Å². The number of Topliss-reactive ketones (excluding diaryl/α,β-unsaturated/α-hetero) is 2. The first-order valence-corrected chi connectivity index (χ1v) is 18.7. The Morgan fingerprint density at radius 2 is 1.72 bits per heavy atom. The van der Waals surface area contributed by atoms with Gasteiger partial charge < -0.3 is 34.8 Å².